The molecular formula is C11H12N2. The van der Waals surface area contributed by atoms with Crippen molar-refractivity contribution in [3.05, 3.63) is 47.7 Å². The summed E-state index contributed by atoms with van der Waals surface area (Å²) in [6, 6.07) is 6.96. The second-order valence-corrected chi connectivity index (χ2v) is 2.81. The van der Waals surface area contributed by atoms with Crippen molar-refractivity contribution < 1.29 is 4.11 Å². The van der Waals surface area contributed by atoms with E-state index in [2.05, 4.69) is 10.3 Å². The fourth-order valence-electron chi connectivity index (χ4n) is 1.27. The average Bonchev–Trinajstić information content (AvgIpc) is 2.29. The van der Waals surface area contributed by atoms with E-state index in [1.165, 1.54) is 0 Å². The molecule has 1 aromatic rings. The summed E-state index contributed by atoms with van der Waals surface area (Å²) in [6.07, 6.45) is 4.89. The van der Waals surface area contributed by atoms with Gasteiger partial charge in [0, 0.05) is 10.3 Å². The molecule has 1 aliphatic heterocycles. The molecule has 0 spiro atoms. The van der Waals surface area contributed by atoms with E-state index in [1.807, 2.05) is 6.07 Å². The van der Waals surface area contributed by atoms with Crippen molar-refractivity contribution in [1.29, 1.82) is 0 Å². The summed E-state index contributed by atoms with van der Waals surface area (Å²) in [7, 11) is 0. The van der Waals surface area contributed by atoms with Crippen LogP contribution < -0.4 is 5.32 Å². The van der Waals surface area contributed by atoms with Crippen LogP contribution in [0.1, 0.15) is 21.4 Å². The number of hydrogen-bond acceptors (Lipinski definition) is 2. The topological polar surface area (TPSA) is 24.4 Å². The molecule has 13 heavy (non-hydrogen) atoms. The molecule has 2 nitrogen and oxygen atoms in total. The predicted octanol–water partition coefficient (Wildman–Crippen LogP) is 2.18. The summed E-state index contributed by atoms with van der Waals surface area (Å²) in [5, 5.41) is 3.02. The lowest BCUT2D eigenvalue weighted by atomic mass is 10.1. The van der Waals surface area contributed by atoms with Crippen molar-refractivity contribution in [2.45, 2.75) is 13.0 Å². The minimum Gasteiger partial charge on any atom is -0.366 e. The van der Waals surface area contributed by atoms with Crippen LogP contribution in [0.5, 0.6) is 0 Å². The Morgan fingerprint density at radius 2 is 2.38 bits per heavy atom. The number of nitrogens with zero attached hydrogens (tertiary/aromatic N) is 1. The lowest BCUT2D eigenvalue weighted by Gasteiger charge is -2.17. The maximum atomic E-state index is 7.47. The Hall–Kier alpha value is -1.57. The Balaban J connectivity index is 2.41. The molecule has 0 bridgehead atoms. The van der Waals surface area contributed by atoms with Crippen molar-refractivity contribution >= 4 is 6.21 Å². The normalized spacial score (nSPS) is 24.3. The number of aliphatic imine (C=N–C) groups is 1. The van der Waals surface area contributed by atoms with Crippen LogP contribution in [0.25, 0.3) is 0 Å². The van der Waals surface area contributed by atoms with Gasteiger partial charge in [-0.1, -0.05) is 24.3 Å². The van der Waals surface area contributed by atoms with Gasteiger partial charge in [0.2, 0.25) is 0 Å². The fourth-order valence-corrected chi connectivity index (χ4v) is 1.27. The molecule has 2 rings (SSSR count). The summed E-state index contributed by atoms with van der Waals surface area (Å²) in [5.41, 5.74) is 1.04. The van der Waals surface area contributed by atoms with Crippen LogP contribution in [-0.2, 0) is 0 Å². The molecule has 1 aliphatic rings. The Bertz CT molecular complexity index is 435. The molecule has 1 N–H and O–H groups in total. The van der Waals surface area contributed by atoms with Crippen LogP contribution in [0.15, 0.2) is 41.5 Å². The first kappa shape index (κ1) is 5.22. The van der Waals surface area contributed by atoms with Gasteiger partial charge in [-0.05, 0) is 30.3 Å². The zero-order chi connectivity index (χ0) is 11.6. The predicted molar refractivity (Wildman–Crippen MR) is 54.7 cm³/mol. The lowest BCUT2D eigenvalue weighted by Crippen LogP contribution is -2.16. The highest BCUT2D eigenvalue weighted by atomic mass is 15.1. The zero-order valence-electron chi connectivity index (χ0n) is 10.1. The molecule has 0 amide bonds. The summed E-state index contributed by atoms with van der Waals surface area (Å²) in [4.78, 5) is 4.20. The van der Waals surface area contributed by atoms with Gasteiger partial charge in [0.05, 0.1) is 0 Å². The van der Waals surface area contributed by atoms with Crippen molar-refractivity contribution in [2.75, 3.05) is 0 Å². The van der Waals surface area contributed by atoms with E-state index in [1.54, 1.807) is 36.7 Å². The average molecular weight is 175 g/mol. The van der Waals surface area contributed by atoms with E-state index >= 15 is 0 Å². The lowest BCUT2D eigenvalue weighted by molar-refractivity contribution is 0.649. The van der Waals surface area contributed by atoms with Gasteiger partial charge in [0.25, 0.3) is 0 Å². The molecular weight excluding hydrogens is 160 g/mol. The summed E-state index contributed by atoms with van der Waals surface area (Å²) in [6.45, 7) is -2.10. The standard InChI is InChI=1S/C11H12N2/c1-9-5-2-3-6-10(9)11-12-7-4-8-13-11/h2-8,11-12H,1H3/i1D3. The van der Waals surface area contributed by atoms with E-state index < -0.39 is 6.85 Å². The largest absolute Gasteiger partial charge is 0.366 e. The van der Waals surface area contributed by atoms with Crippen LogP contribution in [0.2, 0.25) is 0 Å². The quantitative estimate of drug-likeness (QED) is 0.695. The van der Waals surface area contributed by atoms with Gasteiger partial charge in [0.15, 0.2) is 0 Å². The Labute approximate surface area is 82.2 Å². The Morgan fingerprint density at radius 3 is 3.15 bits per heavy atom. The molecule has 2 heteroatoms. The molecule has 0 aliphatic carbocycles. The van der Waals surface area contributed by atoms with Crippen molar-refractivity contribution in [3.8, 4) is 0 Å². The third-order valence-electron chi connectivity index (χ3n) is 1.93. The van der Waals surface area contributed by atoms with Crippen LogP contribution in [-0.4, -0.2) is 6.21 Å². The highest BCUT2D eigenvalue weighted by Crippen LogP contribution is 2.19. The first-order valence-corrected chi connectivity index (χ1v) is 4.13. The van der Waals surface area contributed by atoms with E-state index in [9.17, 15) is 0 Å². The Morgan fingerprint density at radius 1 is 1.46 bits per heavy atom. The zero-order valence-corrected chi connectivity index (χ0v) is 7.07. The second kappa shape index (κ2) is 3.44. The first-order valence-electron chi connectivity index (χ1n) is 5.63. The smallest absolute Gasteiger partial charge is 0.144 e. The van der Waals surface area contributed by atoms with Gasteiger partial charge in [-0.15, -0.1) is 0 Å². The third kappa shape index (κ3) is 1.61. The highest BCUT2D eigenvalue weighted by Gasteiger charge is 2.09. The monoisotopic (exact) mass is 175 g/mol. The number of hydrogen-bond donors (Lipinski definition) is 1. The molecule has 1 unspecified atom stereocenters. The van der Waals surface area contributed by atoms with E-state index in [-0.39, 0.29) is 6.17 Å². The molecule has 1 heterocycles. The second-order valence-electron chi connectivity index (χ2n) is 2.81. The minimum absolute atomic E-state index is 0.304. The molecule has 0 aromatic heterocycles. The van der Waals surface area contributed by atoms with Gasteiger partial charge < -0.3 is 5.32 Å². The molecule has 1 atom stereocenters. The van der Waals surface area contributed by atoms with Crippen LogP contribution in [0.3, 0.4) is 0 Å². The number of allylic oxidation sites excluding steroid dienone is 1. The minimum atomic E-state index is -2.10. The fraction of sp³-hybridized carbons (Fsp3) is 0.182. The number of aryl methyl sites for hydroxylation is 1. The van der Waals surface area contributed by atoms with Crippen molar-refractivity contribution in [2.24, 2.45) is 4.99 Å². The molecule has 1 aromatic carbocycles. The van der Waals surface area contributed by atoms with Crippen LogP contribution in [0, 0.1) is 6.85 Å². The number of rotatable bonds is 1. The summed E-state index contributed by atoms with van der Waals surface area (Å²) in [5.74, 6) is 0. The van der Waals surface area contributed by atoms with Gasteiger partial charge in [-0.25, -0.2) is 0 Å². The SMILES string of the molecule is [2H]C([2H])([2H])c1ccccc1C1N=CC=CN1. The summed E-state index contributed by atoms with van der Waals surface area (Å²) < 4.78 is 22.4. The van der Waals surface area contributed by atoms with Gasteiger partial charge in [-0.3, -0.25) is 4.99 Å². The molecule has 0 saturated heterocycles. The third-order valence-corrected chi connectivity index (χ3v) is 1.93. The molecule has 0 radical (unpaired) electrons. The number of benzene rings is 1. The molecule has 0 fully saturated rings. The summed E-state index contributed by atoms with van der Waals surface area (Å²) >= 11 is 0. The van der Waals surface area contributed by atoms with Gasteiger partial charge >= 0.3 is 0 Å². The van der Waals surface area contributed by atoms with E-state index in [0.29, 0.717) is 11.1 Å². The Kier molecular flexibility index (Phi) is 1.38. The molecule has 0 saturated carbocycles. The molecule has 66 valence electrons. The van der Waals surface area contributed by atoms with Crippen LogP contribution in [0.4, 0.5) is 0 Å². The van der Waals surface area contributed by atoms with E-state index in [0.717, 1.165) is 0 Å². The number of nitrogens with one attached hydrogen (secondary N) is 1. The first-order chi connectivity index (χ1) is 7.59. The maximum Gasteiger partial charge on any atom is 0.144 e. The van der Waals surface area contributed by atoms with Crippen LogP contribution >= 0.6 is 0 Å². The van der Waals surface area contributed by atoms with Crippen molar-refractivity contribution in [1.82, 2.24) is 5.32 Å². The van der Waals surface area contributed by atoms with Gasteiger partial charge in [0.1, 0.15) is 6.17 Å². The van der Waals surface area contributed by atoms with E-state index in [4.69, 9.17) is 4.11 Å². The van der Waals surface area contributed by atoms with Crippen molar-refractivity contribution in [3.63, 3.8) is 0 Å². The van der Waals surface area contributed by atoms with Gasteiger partial charge in [-0.2, -0.15) is 0 Å². The highest BCUT2D eigenvalue weighted by molar-refractivity contribution is 5.72. The maximum absolute atomic E-state index is 7.47.